The van der Waals surface area contributed by atoms with Crippen LogP contribution in [0.5, 0.6) is 0 Å². The minimum atomic E-state index is -0.675. The highest BCUT2D eigenvalue weighted by Crippen LogP contribution is 2.69. The number of nitrogens with one attached hydrogen (secondary N) is 1. The zero-order chi connectivity index (χ0) is 23.2. The first-order chi connectivity index (χ1) is 15.3. The van der Waals surface area contributed by atoms with E-state index in [2.05, 4.69) is 12.2 Å². The van der Waals surface area contributed by atoms with E-state index in [0.29, 0.717) is 0 Å². The summed E-state index contributed by atoms with van der Waals surface area (Å²) in [5.41, 5.74) is 0. The van der Waals surface area contributed by atoms with E-state index in [0.717, 1.165) is 32.1 Å². The van der Waals surface area contributed by atoms with Gasteiger partial charge in [-0.25, -0.2) is 0 Å². The molecule has 180 valence electrons. The summed E-state index contributed by atoms with van der Waals surface area (Å²) in [4.78, 5) is 42.4. The molecule has 3 unspecified atom stereocenters. The molecular weight excluding hydrogens is 428 g/mol. The third kappa shape index (κ3) is 3.56. The molecule has 1 spiro atoms. The number of esters is 1. The van der Waals surface area contributed by atoms with E-state index in [4.69, 9.17) is 4.74 Å². The summed E-state index contributed by atoms with van der Waals surface area (Å²) in [6, 6.07) is -1.000. The number of carbonyl (C=O) groups is 3. The Labute approximate surface area is 195 Å². The van der Waals surface area contributed by atoms with Gasteiger partial charge < -0.3 is 20.1 Å². The first-order valence-electron chi connectivity index (χ1n) is 12.4. The minimum Gasteiger partial charge on any atom is -0.466 e. The van der Waals surface area contributed by atoms with E-state index in [1.807, 2.05) is 13.8 Å². The van der Waals surface area contributed by atoms with Crippen molar-refractivity contribution in [3.8, 4) is 0 Å². The molecule has 1 aliphatic carbocycles. The maximum Gasteiger partial charge on any atom is 0.310 e. The summed E-state index contributed by atoms with van der Waals surface area (Å²) in [7, 11) is 0. The molecule has 3 saturated heterocycles. The van der Waals surface area contributed by atoms with Gasteiger partial charge in [0.25, 0.3) is 0 Å². The molecule has 7 atom stereocenters. The van der Waals surface area contributed by atoms with Crippen molar-refractivity contribution in [1.82, 2.24) is 10.2 Å². The smallest absolute Gasteiger partial charge is 0.310 e. The van der Waals surface area contributed by atoms with Crippen LogP contribution in [-0.2, 0) is 19.1 Å². The van der Waals surface area contributed by atoms with Crippen molar-refractivity contribution < 1.29 is 24.2 Å². The maximum absolute atomic E-state index is 14.0. The van der Waals surface area contributed by atoms with Gasteiger partial charge in [-0.2, -0.15) is 0 Å². The molecule has 7 nitrogen and oxygen atoms in total. The molecular formula is C24H38N2O5S. The molecule has 4 fully saturated rings. The summed E-state index contributed by atoms with van der Waals surface area (Å²) in [5, 5.41) is 13.5. The number of thioether (sulfide) groups is 1. The van der Waals surface area contributed by atoms with Gasteiger partial charge in [-0.15, -0.1) is 11.8 Å². The lowest BCUT2D eigenvalue weighted by atomic mass is 9.66. The van der Waals surface area contributed by atoms with Crippen molar-refractivity contribution >= 4 is 29.5 Å². The Morgan fingerprint density at radius 2 is 1.97 bits per heavy atom. The molecule has 0 aromatic heterocycles. The van der Waals surface area contributed by atoms with Crippen LogP contribution < -0.4 is 5.32 Å². The number of hydrogen-bond donors (Lipinski definition) is 2. The molecule has 0 radical (unpaired) electrons. The average molecular weight is 467 g/mol. The predicted molar refractivity (Wildman–Crippen MR) is 123 cm³/mol. The van der Waals surface area contributed by atoms with Crippen molar-refractivity contribution in [2.75, 3.05) is 13.2 Å². The molecule has 4 rings (SSSR count). The van der Waals surface area contributed by atoms with Gasteiger partial charge in [0.15, 0.2) is 0 Å². The van der Waals surface area contributed by atoms with E-state index < -0.39 is 28.7 Å². The fourth-order valence-electron chi connectivity index (χ4n) is 6.77. The zero-order valence-corrected chi connectivity index (χ0v) is 20.5. The van der Waals surface area contributed by atoms with Crippen molar-refractivity contribution in [2.45, 2.75) is 94.3 Å². The lowest BCUT2D eigenvalue weighted by Gasteiger charge is -2.41. The molecule has 2 amide bonds. The molecule has 0 aromatic rings. The van der Waals surface area contributed by atoms with Crippen LogP contribution in [0.3, 0.4) is 0 Å². The zero-order valence-electron chi connectivity index (χ0n) is 19.7. The third-order valence-corrected chi connectivity index (χ3v) is 10.3. The normalized spacial score (nSPS) is 37.6. The Hall–Kier alpha value is -1.28. The second kappa shape index (κ2) is 9.16. The van der Waals surface area contributed by atoms with Crippen LogP contribution in [-0.4, -0.2) is 69.1 Å². The van der Waals surface area contributed by atoms with E-state index >= 15 is 0 Å². The monoisotopic (exact) mass is 466 g/mol. The molecule has 8 heteroatoms. The Kier molecular flexibility index (Phi) is 6.83. The summed E-state index contributed by atoms with van der Waals surface area (Å²) in [5.74, 6) is -1.59. The van der Waals surface area contributed by atoms with Crippen molar-refractivity contribution in [2.24, 2.45) is 23.7 Å². The van der Waals surface area contributed by atoms with Gasteiger partial charge in [0.1, 0.15) is 6.04 Å². The first kappa shape index (κ1) is 23.9. The standard InChI is InChI=1S/C24H38N2O5S/c1-5-31-23(30)18-17-11-14(4)24(32-17)19(18)22(29)26(16(12-27)13(2)3)20(24)21(28)25-15-9-7-6-8-10-15/h13-20,27H,5-12H2,1-4H3,(H,25,28)/t14?,16-,17-,18+,19-,20?,24?/m0/s1. The number of ether oxygens (including phenoxy) is 1. The lowest BCUT2D eigenvalue weighted by Crippen LogP contribution is -2.60. The number of carbonyl (C=O) groups excluding carboxylic acids is 3. The van der Waals surface area contributed by atoms with Crippen LogP contribution in [0.15, 0.2) is 0 Å². The quantitative estimate of drug-likeness (QED) is 0.559. The summed E-state index contributed by atoms with van der Waals surface area (Å²) in [6.07, 6.45) is 6.14. The second-order valence-corrected chi connectivity index (χ2v) is 11.9. The van der Waals surface area contributed by atoms with Gasteiger partial charge >= 0.3 is 5.97 Å². The number of rotatable bonds is 7. The van der Waals surface area contributed by atoms with E-state index in [9.17, 15) is 19.5 Å². The maximum atomic E-state index is 14.0. The summed E-state index contributed by atoms with van der Waals surface area (Å²) in [6.45, 7) is 7.89. The average Bonchev–Trinajstić information content (AvgIpc) is 3.33. The largest absolute Gasteiger partial charge is 0.466 e. The molecule has 4 aliphatic rings. The SMILES string of the molecule is CCOC(=O)[C@@H]1[C@@H]2CC(C)C3(S2)C(C(=O)NC2CCCCC2)N([C@@H](CO)C(C)C)C(=O)[C@H]13. The Morgan fingerprint density at radius 1 is 1.28 bits per heavy atom. The van der Waals surface area contributed by atoms with Gasteiger partial charge in [0, 0.05) is 11.3 Å². The molecule has 2 bridgehead atoms. The third-order valence-electron chi connectivity index (χ3n) is 8.26. The minimum absolute atomic E-state index is 0.00300. The number of nitrogens with zero attached hydrogens (tertiary/aromatic N) is 1. The fourth-order valence-corrected chi connectivity index (χ4v) is 9.17. The second-order valence-electron chi connectivity index (χ2n) is 10.4. The molecule has 0 aromatic carbocycles. The molecule has 1 saturated carbocycles. The van der Waals surface area contributed by atoms with Crippen molar-refractivity contribution in [3.05, 3.63) is 0 Å². The van der Waals surface area contributed by atoms with Gasteiger partial charge in [-0.05, 0) is 38.0 Å². The Balaban J connectivity index is 1.74. The number of likely N-dealkylation sites (tertiary alicyclic amines) is 1. The highest BCUT2D eigenvalue weighted by molar-refractivity contribution is 8.02. The van der Waals surface area contributed by atoms with Crippen LogP contribution in [0.25, 0.3) is 0 Å². The summed E-state index contributed by atoms with van der Waals surface area (Å²) >= 11 is 1.66. The van der Waals surface area contributed by atoms with Crippen LogP contribution in [0.4, 0.5) is 0 Å². The van der Waals surface area contributed by atoms with E-state index in [-0.39, 0.29) is 54.1 Å². The Morgan fingerprint density at radius 3 is 2.56 bits per heavy atom. The van der Waals surface area contributed by atoms with Crippen molar-refractivity contribution in [1.29, 1.82) is 0 Å². The number of aliphatic hydroxyl groups is 1. The number of fused-ring (bicyclic) bond motifs is 1. The summed E-state index contributed by atoms with van der Waals surface area (Å²) < 4.78 is 4.73. The van der Waals surface area contributed by atoms with Crippen LogP contribution in [0.1, 0.15) is 66.2 Å². The number of hydrogen-bond acceptors (Lipinski definition) is 6. The Bertz CT molecular complexity index is 755. The predicted octanol–water partition coefficient (Wildman–Crippen LogP) is 2.35. The molecule has 3 aliphatic heterocycles. The van der Waals surface area contributed by atoms with Gasteiger partial charge in [-0.3, -0.25) is 14.4 Å². The fraction of sp³-hybridized carbons (Fsp3) is 0.875. The van der Waals surface area contributed by atoms with Gasteiger partial charge in [0.05, 0.1) is 35.8 Å². The number of amides is 2. The lowest BCUT2D eigenvalue weighted by molar-refractivity contribution is -0.154. The van der Waals surface area contributed by atoms with Gasteiger partial charge in [-0.1, -0.05) is 40.0 Å². The molecule has 2 N–H and O–H groups in total. The van der Waals surface area contributed by atoms with Crippen LogP contribution in [0, 0.1) is 23.7 Å². The van der Waals surface area contributed by atoms with Crippen LogP contribution in [0.2, 0.25) is 0 Å². The highest BCUT2D eigenvalue weighted by atomic mass is 32.2. The first-order valence-corrected chi connectivity index (χ1v) is 13.2. The van der Waals surface area contributed by atoms with E-state index in [1.165, 1.54) is 6.42 Å². The van der Waals surface area contributed by atoms with Gasteiger partial charge in [0.2, 0.25) is 11.8 Å². The highest BCUT2D eigenvalue weighted by Gasteiger charge is 2.77. The molecule has 3 heterocycles. The molecule has 32 heavy (non-hydrogen) atoms. The topological polar surface area (TPSA) is 95.9 Å². The van der Waals surface area contributed by atoms with Crippen molar-refractivity contribution in [3.63, 3.8) is 0 Å². The van der Waals surface area contributed by atoms with Crippen LogP contribution >= 0.6 is 11.8 Å². The van der Waals surface area contributed by atoms with E-state index in [1.54, 1.807) is 23.6 Å². The number of aliphatic hydroxyl groups excluding tert-OH is 1.